The van der Waals surface area contributed by atoms with E-state index < -0.39 is 24.0 Å². The number of ether oxygens (including phenoxy) is 2. The van der Waals surface area contributed by atoms with Crippen molar-refractivity contribution in [2.24, 2.45) is 0 Å². The van der Waals surface area contributed by atoms with E-state index in [1.807, 2.05) is 13.8 Å². The lowest BCUT2D eigenvalue weighted by Gasteiger charge is -2.26. The first-order valence-corrected chi connectivity index (χ1v) is 9.20. The van der Waals surface area contributed by atoms with Crippen molar-refractivity contribution < 1.29 is 23.9 Å². The van der Waals surface area contributed by atoms with Crippen molar-refractivity contribution in [1.82, 2.24) is 20.6 Å². The number of hydrogen-bond acceptors (Lipinski definition) is 7. The van der Waals surface area contributed by atoms with Gasteiger partial charge in [0.2, 0.25) is 0 Å². The van der Waals surface area contributed by atoms with Gasteiger partial charge in [-0.15, -0.1) is 0 Å². The molecule has 1 aliphatic rings. The molecule has 152 valence electrons. The van der Waals surface area contributed by atoms with E-state index in [1.54, 1.807) is 32.0 Å². The number of carbonyl (C=O) groups excluding carboxylic acids is 3. The van der Waals surface area contributed by atoms with Gasteiger partial charge in [0.1, 0.15) is 6.61 Å². The zero-order chi connectivity index (χ0) is 21.1. The smallest absolute Gasteiger partial charge is 0.338 e. The standard InChI is InChI=1S/C20H22N4O5/c1-5-28-19(26)17-12(4)23-20(27)24-16(17)9-29-18(25)13-6-7-14-15(8-13)22-11(3)10(2)21-14/h6-8,12H,5,9H2,1-4H3,(H2,23,24,27). The minimum Gasteiger partial charge on any atom is -0.463 e. The molecule has 2 N–H and O–H groups in total. The van der Waals surface area contributed by atoms with Crippen molar-refractivity contribution in [2.75, 3.05) is 13.2 Å². The number of esters is 2. The Kier molecular flexibility index (Phi) is 5.76. The van der Waals surface area contributed by atoms with Crippen molar-refractivity contribution in [1.29, 1.82) is 0 Å². The number of aromatic nitrogens is 2. The van der Waals surface area contributed by atoms with E-state index in [9.17, 15) is 14.4 Å². The normalized spacial score (nSPS) is 16.3. The maximum Gasteiger partial charge on any atom is 0.338 e. The maximum atomic E-state index is 12.5. The van der Waals surface area contributed by atoms with Crippen LogP contribution in [0.15, 0.2) is 29.5 Å². The average molecular weight is 398 g/mol. The van der Waals surface area contributed by atoms with Crippen LogP contribution in [0.5, 0.6) is 0 Å². The third kappa shape index (κ3) is 4.34. The van der Waals surface area contributed by atoms with Crippen molar-refractivity contribution in [3.05, 3.63) is 46.4 Å². The highest BCUT2D eigenvalue weighted by atomic mass is 16.5. The number of urea groups is 1. The van der Waals surface area contributed by atoms with Gasteiger partial charge in [0, 0.05) is 0 Å². The summed E-state index contributed by atoms with van der Waals surface area (Å²) < 4.78 is 10.4. The van der Waals surface area contributed by atoms with Gasteiger partial charge in [-0.05, 0) is 45.9 Å². The Labute approximate surface area is 167 Å². The van der Waals surface area contributed by atoms with E-state index >= 15 is 0 Å². The molecule has 1 aliphatic heterocycles. The number of benzene rings is 1. The Balaban J connectivity index is 1.81. The number of carbonyl (C=O) groups is 3. The molecule has 0 spiro atoms. The van der Waals surface area contributed by atoms with Crippen molar-refractivity contribution >= 4 is 29.0 Å². The third-order valence-electron chi connectivity index (χ3n) is 4.52. The molecule has 0 saturated carbocycles. The second-order valence-corrected chi connectivity index (χ2v) is 6.61. The number of fused-ring (bicyclic) bond motifs is 1. The van der Waals surface area contributed by atoms with E-state index in [0.29, 0.717) is 16.6 Å². The molecule has 9 heteroatoms. The molecular weight excluding hydrogens is 376 g/mol. The highest BCUT2D eigenvalue weighted by molar-refractivity contribution is 5.96. The van der Waals surface area contributed by atoms with Crippen LogP contribution >= 0.6 is 0 Å². The number of nitrogens with zero attached hydrogens (tertiary/aromatic N) is 2. The molecule has 0 aliphatic carbocycles. The van der Waals surface area contributed by atoms with E-state index in [2.05, 4.69) is 20.6 Å². The second-order valence-electron chi connectivity index (χ2n) is 6.61. The van der Waals surface area contributed by atoms with E-state index in [4.69, 9.17) is 9.47 Å². The molecule has 1 atom stereocenters. The lowest BCUT2D eigenvalue weighted by Crippen LogP contribution is -2.50. The molecule has 1 aromatic heterocycles. The van der Waals surface area contributed by atoms with Gasteiger partial charge in [0.15, 0.2) is 0 Å². The predicted molar refractivity (Wildman–Crippen MR) is 104 cm³/mol. The molecule has 0 bridgehead atoms. The maximum absolute atomic E-state index is 12.5. The topological polar surface area (TPSA) is 120 Å². The fourth-order valence-corrected chi connectivity index (χ4v) is 2.97. The van der Waals surface area contributed by atoms with Crippen LogP contribution in [-0.2, 0) is 14.3 Å². The Morgan fingerprint density at radius 1 is 1.07 bits per heavy atom. The van der Waals surface area contributed by atoms with Crippen LogP contribution in [-0.4, -0.2) is 47.2 Å². The molecule has 2 aromatic rings. The van der Waals surface area contributed by atoms with Gasteiger partial charge in [-0.25, -0.2) is 24.4 Å². The van der Waals surface area contributed by atoms with Crippen molar-refractivity contribution in [3.63, 3.8) is 0 Å². The predicted octanol–water partition coefficient (Wildman–Crippen LogP) is 1.92. The summed E-state index contributed by atoms with van der Waals surface area (Å²) >= 11 is 0. The number of rotatable bonds is 5. The van der Waals surface area contributed by atoms with Crippen molar-refractivity contribution in [2.45, 2.75) is 33.7 Å². The molecule has 1 unspecified atom stereocenters. The Morgan fingerprint density at radius 2 is 1.76 bits per heavy atom. The Bertz CT molecular complexity index is 1030. The fraction of sp³-hybridized carbons (Fsp3) is 0.350. The summed E-state index contributed by atoms with van der Waals surface area (Å²) in [6, 6.07) is 3.84. The highest BCUT2D eigenvalue weighted by Crippen LogP contribution is 2.17. The molecule has 0 saturated heterocycles. The van der Waals surface area contributed by atoms with Crippen LogP contribution in [0.1, 0.15) is 35.6 Å². The van der Waals surface area contributed by atoms with E-state index in [0.717, 1.165) is 11.4 Å². The van der Waals surface area contributed by atoms with Gasteiger partial charge < -0.3 is 20.1 Å². The monoisotopic (exact) mass is 398 g/mol. The van der Waals surface area contributed by atoms with E-state index in [1.165, 1.54) is 0 Å². The summed E-state index contributed by atoms with van der Waals surface area (Å²) in [4.78, 5) is 45.4. The van der Waals surface area contributed by atoms with Gasteiger partial charge >= 0.3 is 18.0 Å². The van der Waals surface area contributed by atoms with Gasteiger partial charge in [-0.1, -0.05) is 0 Å². The molecular formula is C20H22N4O5. The summed E-state index contributed by atoms with van der Waals surface area (Å²) in [7, 11) is 0. The highest BCUT2D eigenvalue weighted by Gasteiger charge is 2.30. The van der Waals surface area contributed by atoms with Crippen molar-refractivity contribution in [3.8, 4) is 0 Å². The lowest BCUT2D eigenvalue weighted by molar-refractivity contribution is -0.139. The minimum atomic E-state index is -0.608. The van der Waals surface area contributed by atoms with Crippen LogP contribution in [0.2, 0.25) is 0 Å². The van der Waals surface area contributed by atoms with Gasteiger partial charge in [0.05, 0.1) is 51.9 Å². The van der Waals surface area contributed by atoms with Gasteiger partial charge in [0.25, 0.3) is 0 Å². The number of amides is 2. The molecule has 2 heterocycles. The zero-order valence-corrected chi connectivity index (χ0v) is 16.7. The third-order valence-corrected chi connectivity index (χ3v) is 4.52. The molecule has 29 heavy (non-hydrogen) atoms. The van der Waals surface area contributed by atoms with Crippen LogP contribution in [0.25, 0.3) is 11.0 Å². The average Bonchev–Trinajstić information content (AvgIpc) is 2.66. The first-order valence-electron chi connectivity index (χ1n) is 9.20. The van der Waals surface area contributed by atoms with Crippen LogP contribution in [0.4, 0.5) is 4.79 Å². The second kappa shape index (κ2) is 8.26. The molecule has 3 rings (SSSR count). The minimum absolute atomic E-state index is 0.188. The fourth-order valence-electron chi connectivity index (χ4n) is 2.97. The Morgan fingerprint density at radius 3 is 2.45 bits per heavy atom. The Hall–Kier alpha value is -3.49. The van der Waals surface area contributed by atoms with Gasteiger partial charge in [-0.3, -0.25) is 0 Å². The van der Waals surface area contributed by atoms with E-state index in [-0.39, 0.29) is 24.5 Å². The summed E-state index contributed by atoms with van der Waals surface area (Å²) in [5.74, 6) is -1.19. The van der Waals surface area contributed by atoms with Crippen LogP contribution in [0, 0.1) is 13.8 Å². The number of hydrogen-bond donors (Lipinski definition) is 2. The van der Waals surface area contributed by atoms with Crippen LogP contribution < -0.4 is 10.6 Å². The first-order chi connectivity index (χ1) is 13.8. The summed E-state index contributed by atoms with van der Waals surface area (Å²) in [6.45, 7) is 6.96. The lowest BCUT2D eigenvalue weighted by atomic mass is 10.0. The number of aryl methyl sites for hydroxylation is 2. The quantitative estimate of drug-likeness (QED) is 0.739. The summed E-state index contributed by atoms with van der Waals surface area (Å²) in [6.07, 6.45) is 0. The largest absolute Gasteiger partial charge is 0.463 e. The van der Waals surface area contributed by atoms with Crippen LogP contribution in [0.3, 0.4) is 0 Å². The SMILES string of the molecule is CCOC(=O)C1=C(COC(=O)c2ccc3nc(C)c(C)nc3c2)NC(=O)NC1C. The molecule has 0 fully saturated rings. The summed E-state index contributed by atoms with van der Waals surface area (Å²) in [5, 5.41) is 5.10. The van der Waals surface area contributed by atoms with Gasteiger partial charge in [-0.2, -0.15) is 0 Å². The summed E-state index contributed by atoms with van der Waals surface area (Å²) in [5.41, 5.74) is 3.56. The zero-order valence-electron chi connectivity index (χ0n) is 16.7. The number of nitrogens with one attached hydrogen (secondary N) is 2. The molecule has 1 aromatic carbocycles. The molecule has 0 radical (unpaired) electrons. The molecule has 2 amide bonds. The first kappa shape index (κ1) is 20.2. The molecule has 9 nitrogen and oxygen atoms in total.